The standard InChI is InChI=1S/C27H28N4OS/c1-32-25-7-3-4-20(17-25)18-26-28-27(30-29-26)23-10-8-22(9-11-23)24-6-2-5-21(16-24)19-31-12-14-33-15-13-31/h2-11,16-17H,12-15,18-19H2,1H3,(H,28,29,30). The molecule has 168 valence electrons. The van der Waals surface area contributed by atoms with Crippen molar-refractivity contribution in [2.45, 2.75) is 13.0 Å². The van der Waals surface area contributed by atoms with Crippen LogP contribution in [0.1, 0.15) is 17.0 Å². The highest BCUT2D eigenvalue weighted by molar-refractivity contribution is 7.99. The van der Waals surface area contributed by atoms with Crippen LogP contribution >= 0.6 is 11.8 Å². The van der Waals surface area contributed by atoms with Crippen LogP contribution in [0.4, 0.5) is 0 Å². The van der Waals surface area contributed by atoms with Crippen LogP contribution in [0.15, 0.2) is 72.8 Å². The fourth-order valence-corrected chi connectivity index (χ4v) is 5.14. The van der Waals surface area contributed by atoms with Crippen LogP contribution in [0.25, 0.3) is 22.5 Å². The minimum absolute atomic E-state index is 0.685. The minimum Gasteiger partial charge on any atom is -0.497 e. The first-order valence-corrected chi connectivity index (χ1v) is 12.5. The van der Waals surface area contributed by atoms with E-state index in [1.165, 1.54) is 41.3 Å². The van der Waals surface area contributed by atoms with Gasteiger partial charge in [0.15, 0.2) is 5.82 Å². The van der Waals surface area contributed by atoms with Crippen molar-refractivity contribution in [1.29, 1.82) is 0 Å². The van der Waals surface area contributed by atoms with E-state index in [-0.39, 0.29) is 0 Å². The molecule has 0 aliphatic carbocycles. The Labute approximate surface area is 199 Å². The topological polar surface area (TPSA) is 54.0 Å². The van der Waals surface area contributed by atoms with Gasteiger partial charge in [0, 0.05) is 43.1 Å². The van der Waals surface area contributed by atoms with Crippen molar-refractivity contribution in [3.8, 4) is 28.3 Å². The molecule has 0 bridgehead atoms. The lowest BCUT2D eigenvalue weighted by Crippen LogP contribution is -2.31. The molecule has 0 radical (unpaired) electrons. The third kappa shape index (κ3) is 5.46. The highest BCUT2D eigenvalue weighted by Crippen LogP contribution is 2.25. The van der Waals surface area contributed by atoms with Crippen LogP contribution in [-0.4, -0.2) is 51.8 Å². The van der Waals surface area contributed by atoms with Gasteiger partial charge in [-0.25, -0.2) is 4.98 Å². The van der Waals surface area contributed by atoms with E-state index in [0.717, 1.165) is 35.1 Å². The highest BCUT2D eigenvalue weighted by Gasteiger charge is 2.12. The van der Waals surface area contributed by atoms with E-state index in [1.54, 1.807) is 7.11 Å². The van der Waals surface area contributed by atoms with Crippen LogP contribution in [0, 0.1) is 0 Å². The van der Waals surface area contributed by atoms with E-state index in [0.29, 0.717) is 6.42 Å². The van der Waals surface area contributed by atoms with Crippen LogP contribution in [0.3, 0.4) is 0 Å². The molecule has 4 aromatic rings. The second kappa shape index (κ2) is 10.2. The van der Waals surface area contributed by atoms with Crippen LogP contribution < -0.4 is 4.74 Å². The Bertz CT molecular complexity index is 1200. The average Bonchev–Trinajstić information content (AvgIpc) is 3.33. The molecule has 0 spiro atoms. The van der Waals surface area contributed by atoms with Gasteiger partial charge in [-0.3, -0.25) is 10.00 Å². The highest BCUT2D eigenvalue weighted by atomic mass is 32.2. The predicted octanol–water partition coefficient (Wildman–Crippen LogP) is 5.29. The zero-order chi connectivity index (χ0) is 22.5. The molecule has 33 heavy (non-hydrogen) atoms. The number of aromatic amines is 1. The summed E-state index contributed by atoms with van der Waals surface area (Å²) in [5.41, 5.74) is 5.98. The summed E-state index contributed by atoms with van der Waals surface area (Å²) in [5, 5.41) is 7.51. The molecule has 0 saturated carbocycles. The zero-order valence-electron chi connectivity index (χ0n) is 18.8. The number of thioether (sulfide) groups is 1. The van der Waals surface area contributed by atoms with Gasteiger partial charge >= 0.3 is 0 Å². The van der Waals surface area contributed by atoms with Gasteiger partial charge in [-0.15, -0.1) is 0 Å². The summed E-state index contributed by atoms with van der Waals surface area (Å²) in [5.74, 6) is 4.89. The number of hydrogen-bond acceptors (Lipinski definition) is 5. The zero-order valence-corrected chi connectivity index (χ0v) is 19.6. The maximum absolute atomic E-state index is 5.31. The van der Waals surface area contributed by atoms with Crippen molar-refractivity contribution in [2.24, 2.45) is 0 Å². The number of H-pyrrole nitrogens is 1. The molecule has 1 aliphatic heterocycles. The van der Waals surface area contributed by atoms with Gasteiger partial charge in [0.2, 0.25) is 0 Å². The molecule has 2 heterocycles. The Morgan fingerprint density at radius 3 is 2.45 bits per heavy atom. The lowest BCUT2D eigenvalue weighted by molar-refractivity contribution is 0.294. The molecule has 0 atom stereocenters. The molecule has 1 N–H and O–H groups in total. The number of nitrogens with zero attached hydrogens (tertiary/aromatic N) is 3. The fourth-order valence-electron chi connectivity index (χ4n) is 4.16. The SMILES string of the molecule is COc1cccc(Cc2nc(-c3ccc(-c4cccc(CN5CCSCC5)c4)cc3)n[nH]2)c1. The normalized spacial score (nSPS) is 14.3. The van der Waals surface area contributed by atoms with Crippen LogP contribution in [0.2, 0.25) is 0 Å². The first kappa shape index (κ1) is 21.7. The monoisotopic (exact) mass is 456 g/mol. The molecule has 6 heteroatoms. The summed E-state index contributed by atoms with van der Waals surface area (Å²) in [6, 6.07) is 25.4. The molecule has 0 amide bonds. The lowest BCUT2D eigenvalue weighted by Gasteiger charge is -2.26. The second-order valence-electron chi connectivity index (χ2n) is 8.30. The lowest BCUT2D eigenvalue weighted by atomic mass is 10.0. The fraction of sp³-hybridized carbons (Fsp3) is 0.259. The van der Waals surface area contributed by atoms with Crippen molar-refractivity contribution < 1.29 is 4.74 Å². The number of ether oxygens (including phenoxy) is 1. The van der Waals surface area contributed by atoms with Crippen molar-refractivity contribution in [2.75, 3.05) is 31.7 Å². The van der Waals surface area contributed by atoms with Crippen molar-refractivity contribution in [3.63, 3.8) is 0 Å². The van der Waals surface area contributed by atoms with Gasteiger partial charge in [0.1, 0.15) is 11.6 Å². The molecule has 3 aromatic carbocycles. The predicted molar refractivity (Wildman–Crippen MR) is 136 cm³/mol. The van der Waals surface area contributed by atoms with Gasteiger partial charge in [-0.05, 0) is 40.5 Å². The second-order valence-corrected chi connectivity index (χ2v) is 9.53. The summed E-state index contributed by atoms with van der Waals surface area (Å²) in [4.78, 5) is 7.24. The maximum atomic E-state index is 5.31. The van der Waals surface area contributed by atoms with E-state index >= 15 is 0 Å². The number of rotatable bonds is 7. The van der Waals surface area contributed by atoms with E-state index in [2.05, 4.69) is 81.5 Å². The molecule has 1 aromatic heterocycles. The van der Waals surface area contributed by atoms with Crippen molar-refractivity contribution in [3.05, 3.63) is 89.7 Å². The third-order valence-corrected chi connectivity index (χ3v) is 6.89. The number of benzene rings is 3. The van der Waals surface area contributed by atoms with E-state index in [9.17, 15) is 0 Å². The minimum atomic E-state index is 0.685. The van der Waals surface area contributed by atoms with Crippen molar-refractivity contribution in [1.82, 2.24) is 20.1 Å². The van der Waals surface area contributed by atoms with Crippen LogP contribution in [0.5, 0.6) is 5.75 Å². The van der Waals surface area contributed by atoms with Gasteiger partial charge in [0.05, 0.1) is 7.11 Å². The Morgan fingerprint density at radius 1 is 0.879 bits per heavy atom. The van der Waals surface area contributed by atoms with E-state index in [4.69, 9.17) is 9.72 Å². The number of nitrogens with one attached hydrogen (secondary N) is 1. The maximum Gasteiger partial charge on any atom is 0.181 e. The quantitative estimate of drug-likeness (QED) is 0.410. The molecule has 1 fully saturated rings. The van der Waals surface area contributed by atoms with Crippen LogP contribution in [-0.2, 0) is 13.0 Å². The van der Waals surface area contributed by atoms with Gasteiger partial charge in [-0.1, -0.05) is 54.6 Å². The molecule has 5 rings (SSSR count). The third-order valence-electron chi connectivity index (χ3n) is 5.95. The summed E-state index contributed by atoms with van der Waals surface area (Å²) in [6.45, 7) is 3.39. The smallest absolute Gasteiger partial charge is 0.181 e. The number of methoxy groups -OCH3 is 1. The van der Waals surface area contributed by atoms with Gasteiger partial charge in [-0.2, -0.15) is 16.9 Å². The molecule has 1 saturated heterocycles. The van der Waals surface area contributed by atoms with Gasteiger partial charge < -0.3 is 4.74 Å². The van der Waals surface area contributed by atoms with Gasteiger partial charge in [0.25, 0.3) is 0 Å². The molecule has 5 nitrogen and oxygen atoms in total. The van der Waals surface area contributed by atoms with Crippen molar-refractivity contribution >= 4 is 11.8 Å². The first-order valence-electron chi connectivity index (χ1n) is 11.3. The van der Waals surface area contributed by atoms with E-state index in [1.807, 2.05) is 18.2 Å². The largest absolute Gasteiger partial charge is 0.497 e. The Kier molecular flexibility index (Phi) is 6.74. The first-order chi connectivity index (χ1) is 16.3. The Hall–Kier alpha value is -3.09. The summed E-state index contributed by atoms with van der Waals surface area (Å²) < 4.78 is 5.31. The molecular weight excluding hydrogens is 428 g/mol. The number of aromatic nitrogens is 3. The Balaban J connectivity index is 1.27. The Morgan fingerprint density at radius 2 is 1.64 bits per heavy atom. The summed E-state index contributed by atoms with van der Waals surface area (Å²) in [6.07, 6.45) is 0.685. The number of hydrogen-bond donors (Lipinski definition) is 1. The average molecular weight is 457 g/mol. The summed E-state index contributed by atoms with van der Waals surface area (Å²) >= 11 is 2.05. The molecule has 0 unspecified atom stereocenters. The van der Waals surface area contributed by atoms with E-state index < -0.39 is 0 Å². The molecular formula is C27H28N4OS. The molecule has 1 aliphatic rings. The summed E-state index contributed by atoms with van der Waals surface area (Å²) in [7, 11) is 1.68.